The van der Waals surface area contributed by atoms with Gasteiger partial charge in [-0.2, -0.15) is 0 Å². The number of hydrogen-bond acceptors (Lipinski definition) is 7. The van der Waals surface area contributed by atoms with Crippen molar-refractivity contribution in [3.05, 3.63) is 79.9 Å². The molecule has 152 valence electrons. The third-order valence-corrected chi connectivity index (χ3v) is 6.71. The first-order valence-electron chi connectivity index (χ1n) is 9.14. The average molecular weight is 455 g/mol. The van der Waals surface area contributed by atoms with Crippen molar-refractivity contribution >= 4 is 56.1 Å². The van der Waals surface area contributed by atoms with Crippen molar-refractivity contribution in [3.8, 4) is 0 Å². The van der Waals surface area contributed by atoms with Gasteiger partial charge in [0, 0.05) is 22.9 Å². The summed E-state index contributed by atoms with van der Waals surface area (Å²) in [5, 5.41) is 10.3. The second kappa shape index (κ2) is 9.29. The van der Waals surface area contributed by atoms with E-state index in [1.165, 1.54) is 45.1 Å². The molecule has 2 N–H and O–H groups in total. The molecule has 2 amide bonds. The van der Waals surface area contributed by atoms with E-state index in [4.69, 9.17) is 0 Å². The molecule has 0 atom stereocenters. The van der Waals surface area contributed by atoms with Crippen LogP contribution >= 0.6 is 34.0 Å². The van der Waals surface area contributed by atoms with Crippen LogP contribution in [0.4, 0.5) is 10.3 Å². The van der Waals surface area contributed by atoms with Crippen molar-refractivity contribution in [1.82, 2.24) is 9.97 Å². The van der Waals surface area contributed by atoms with Crippen molar-refractivity contribution in [3.63, 3.8) is 0 Å². The Hall–Kier alpha value is -2.88. The lowest BCUT2D eigenvalue weighted by Crippen LogP contribution is -2.14. The predicted octanol–water partition coefficient (Wildman–Crippen LogP) is 4.99. The van der Waals surface area contributed by atoms with Gasteiger partial charge in [-0.1, -0.05) is 35.9 Å². The van der Waals surface area contributed by atoms with Crippen LogP contribution in [0.5, 0.6) is 0 Å². The molecule has 3 heterocycles. The second-order valence-electron chi connectivity index (χ2n) is 6.60. The monoisotopic (exact) mass is 454 g/mol. The van der Waals surface area contributed by atoms with Crippen LogP contribution in [0.1, 0.15) is 31.4 Å². The van der Waals surface area contributed by atoms with Gasteiger partial charge in [-0.15, -0.1) is 34.0 Å². The van der Waals surface area contributed by atoms with E-state index >= 15 is 0 Å². The molecule has 9 heteroatoms. The van der Waals surface area contributed by atoms with Gasteiger partial charge in [-0.3, -0.25) is 14.9 Å². The molecule has 1 aromatic carbocycles. The van der Waals surface area contributed by atoms with Crippen LogP contribution in [0.15, 0.2) is 53.4 Å². The highest BCUT2D eigenvalue weighted by Crippen LogP contribution is 2.22. The van der Waals surface area contributed by atoms with Crippen LogP contribution in [0, 0.1) is 6.92 Å². The molecule has 0 fully saturated rings. The number of benzene rings is 1. The fraction of sp³-hybridized carbons (Fsp3) is 0.143. The smallest absolute Gasteiger partial charge is 0.267 e. The second-order valence-corrected chi connectivity index (χ2v) is 9.52. The third kappa shape index (κ3) is 5.38. The van der Waals surface area contributed by atoms with Crippen molar-refractivity contribution < 1.29 is 9.59 Å². The first-order valence-corrected chi connectivity index (χ1v) is 11.7. The molecule has 0 aliphatic carbocycles. The number of thiazole rings is 2. The normalized spacial score (nSPS) is 10.7. The summed E-state index contributed by atoms with van der Waals surface area (Å²) < 4.78 is 0. The van der Waals surface area contributed by atoms with Gasteiger partial charge in [0.15, 0.2) is 10.3 Å². The molecule has 30 heavy (non-hydrogen) atoms. The number of aryl methyl sites for hydroxylation is 1. The van der Waals surface area contributed by atoms with Gasteiger partial charge in [-0.05, 0) is 23.9 Å². The molecule has 0 bridgehead atoms. The number of carbonyl (C=O) groups is 2. The van der Waals surface area contributed by atoms with Gasteiger partial charge in [0.05, 0.1) is 17.0 Å². The highest BCUT2D eigenvalue weighted by atomic mass is 32.1. The Morgan fingerprint density at radius 1 is 1.07 bits per heavy atom. The molecule has 0 unspecified atom stereocenters. The zero-order valence-corrected chi connectivity index (χ0v) is 18.5. The highest BCUT2D eigenvalue weighted by molar-refractivity contribution is 7.15. The average Bonchev–Trinajstić information content (AvgIpc) is 3.45. The zero-order chi connectivity index (χ0) is 20.9. The number of rotatable bonds is 7. The van der Waals surface area contributed by atoms with Crippen LogP contribution in [0.3, 0.4) is 0 Å². The lowest BCUT2D eigenvalue weighted by Gasteiger charge is -2.00. The minimum Gasteiger partial charge on any atom is -0.302 e. The van der Waals surface area contributed by atoms with E-state index in [0.717, 1.165) is 11.3 Å². The van der Waals surface area contributed by atoms with Gasteiger partial charge in [0.1, 0.15) is 0 Å². The molecule has 0 aliphatic heterocycles. The fourth-order valence-electron chi connectivity index (χ4n) is 2.81. The van der Waals surface area contributed by atoms with E-state index in [-0.39, 0.29) is 18.2 Å². The summed E-state index contributed by atoms with van der Waals surface area (Å²) in [5.74, 6) is -0.382. The summed E-state index contributed by atoms with van der Waals surface area (Å²) in [7, 11) is 0. The molecule has 3 aromatic heterocycles. The number of nitrogens with zero attached hydrogens (tertiary/aromatic N) is 2. The summed E-state index contributed by atoms with van der Waals surface area (Å²) in [6.07, 6.45) is 2.70. The fourth-order valence-corrected chi connectivity index (χ4v) is 5.00. The number of nitrogens with one attached hydrogen (secondary N) is 2. The van der Waals surface area contributed by atoms with E-state index in [9.17, 15) is 9.59 Å². The van der Waals surface area contributed by atoms with Crippen molar-refractivity contribution in [2.75, 3.05) is 10.6 Å². The predicted molar refractivity (Wildman–Crippen MR) is 123 cm³/mol. The molecule has 0 radical (unpaired) electrons. The maximum Gasteiger partial charge on any atom is 0.267 e. The summed E-state index contributed by atoms with van der Waals surface area (Å²) in [4.78, 5) is 34.8. The summed E-state index contributed by atoms with van der Waals surface area (Å²) in [6, 6.07) is 11.9. The SMILES string of the molecule is Cc1cccc(Cc2cnc(NC(=O)Cc3csc(NC(=O)c4cccs4)n3)s2)c1. The number of thiophene rings is 1. The Morgan fingerprint density at radius 2 is 1.97 bits per heavy atom. The summed E-state index contributed by atoms with van der Waals surface area (Å²) in [5.41, 5.74) is 3.05. The number of hydrogen-bond donors (Lipinski definition) is 2. The molecule has 4 aromatic rings. The Balaban J connectivity index is 1.30. The zero-order valence-electron chi connectivity index (χ0n) is 16.0. The highest BCUT2D eigenvalue weighted by Gasteiger charge is 2.13. The number of aromatic nitrogens is 2. The summed E-state index contributed by atoms with van der Waals surface area (Å²) >= 11 is 4.13. The molecular weight excluding hydrogens is 436 g/mol. The van der Waals surface area contributed by atoms with E-state index in [1.54, 1.807) is 17.6 Å². The third-order valence-electron chi connectivity index (χ3n) is 4.12. The number of amides is 2. The molecular formula is C21H18N4O2S3. The van der Waals surface area contributed by atoms with Crippen LogP contribution in [-0.2, 0) is 17.6 Å². The van der Waals surface area contributed by atoms with Gasteiger partial charge >= 0.3 is 0 Å². The Bertz CT molecular complexity index is 1160. The van der Waals surface area contributed by atoms with Gasteiger partial charge in [-0.25, -0.2) is 9.97 Å². The molecule has 0 spiro atoms. The van der Waals surface area contributed by atoms with Crippen LogP contribution in [0.2, 0.25) is 0 Å². The first-order chi connectivity index (χ1) is 14.5. The van der Waals surface area contributed by atoms with Gasteiger partial charge < -0.3 is 5.32 Å². The van der Waals surface area contributed by atoms with E-state index in [2.05, 4.69) is 45.7 Å². The Labute approximate surface area is 185 Å². The van der Waals surface area contributed by atoms with Crippen molar-refractivity contribution in [2.24, 2.45) is 0 Å². The maximum absolute atomic E-state index is 12.3. The maximum atomic E-state index is 12.3. The standard InChI is InChI=1S/C21H18N4O2S3/c1-13-4-2-5-14(8-13)9-16-11-22-20(30-16)24-18(26)10-15-12-29-21(23-15)25-19(27)17-6-3-7-28-17/h2-8,11-12H,9-10H2,1H3,(H,22,24,26)(H,23,25,27). The minimum atomic E-state index is -0.195. The lowest BCUT2D eigenvalue weighted by molar-refractivity contribution is -0.115. The van der Waals surface area contributed by atoms with Crippen LogP contribution < -0.4 is 10.6 Å². The van der Waals surface area contributed by atoms with E-state index in [1.807, 2.05) is 17.5 Å². The molecule has 0 aliphatic rings. The van der Waals surface area contributed by atoms with Crippen molar-refractivity contribution in [2.45, 2.75) is 19.8 Å². The molecule has 4 rings (SSSR count). The number of anilines is 2. The quantitative estimate of drug-likeness (QED) is 0.412. The van der Waals surface area contributed by atoms with Crippen molar-refractivity contribution in [1.29, 1.82) is 0 Å². The number of carbonyl (C=O) groups excluding carboxylic acids is 2. The van der Waals surface area contributed by atoms with Crippen LogP contribution in [-0.4, -0.2) is 21.8 Å². The topological polar surface area (TPSA) is 84.0 Å². The largest absolute Gasteiger partial charge is 0.302 e. The van der Waals surface area contributed by atoms with Gasteiger partial charge in [0.2, 0.25) is 5.91 Å². The molecule has 6 nitrogen and oxygen atoms in total. The first kappa shape index (κ1) is 20.4. The molecule has 0 saturated carbocycles. The molecule has 0 saturated heterocycles. The van der Waals surface area contributed by atoms with Crippen LogP contribution in [0.25, 0.3) is 0 Å². The summed E-state index contributed by atoms with van der Waals surface area (Å²) in [6.45, 7) is 2.07. The van der Waals surface area contributed by atoms with E-state index in [0.29, 0.717) is 20.8 Å². The van der Waals surface area contributed by atoms with Gasteiger partial charge in [0.25, 0.3) is 5.91 Å². The Kier molecular flexibility index (Phi) is 6.32. The lowest BCUT2D eigenvalue weighted by atomic mass is 10.1. The Morgan fingerprint density at radius 3 is 2.77 bits per heavy atom. The van der Waals surface area contributed by atoms with E-state index < -0.39 is 0 Å². The minimum absolute atomic E-state index is 0.123.